The predicted octanol–water partition coefficient (Wildman–Crippen LogP) is 3.99. The number of anilines is 1. The van der Waals surface area contributed by atoms with Gasteiger partial charge >= 0.3 is 0 Å². The minimum atomic E-state index is -3.55. The van der Waals surface area contributed by atoms with Crippen LogP contribution in [0.3, 0.4) is 0 Å². The molecule has 0 heterocycles. The van der Waals surface area contributed by atoms with E-state index in [4.69, 9.17) is 11.6 Å². The van der Waals surface area contributed by atoms with Crippen LogP contribution < -0.4 is 10.0 Å². The zero-order valence-electron chi connectivity index (χ0n) is 14.8. The van der Waals surface area contributed by atoms with Gasteiger partial charge in [0.2, 0.25) is 15.9 Å². The third-order valence-electron chi connectivity index (χ3n) is 3.45. The SMILES string of the molecule is Cc1ccc(/C=C/C(=O)Nc2ccc(S(=O)(=O)NC(C)C)cc2)cc1Cl. The van der Waals surface area contributed by atoms with Gasteiger partial charge in [0.05, 0.1) is 4.90 Å². The summed E-state index contributed by atoms with van der Waals surface area (Å²) in [6, 6.07) is 11.3. The van der Waals surface area contributed by atoms with Crippen molar-refractivity contribution < 1.29 is 13.2 Å². The van der Waals surface area contributed by atoms with E-state index in [1.165, 1.54) is 18.2 Å². The number of benzene rings is 2. The van der Waals surface area contributed by atoms with E-state index in [9.17, 15) is 13.2 Å². The van der Waals surface area contributed by atoms with Gasteiger partial charge in [-0.1, -0.05) is 23.7 Å². The molecule has 0 aliphatic heterocycles. The second-order valence-corrected chi connectivity index (χ2v) is 8.25. The van der Waals surface area contributed by atoms with Crippen molar-refractivity contribution in [3.8, 4) is 0 Å². The fourth-order valence-electron chi connectivity index (χ4n) is 2.16. The quantitative estimate of drug-likeness (QED) is 0.730. The standard InChI is InChI=1S/C19H21ClN2O3S/c1-13(2)22-26(24,25)17-9-7-16(8-10-17)21-19(23)11-6-15-5-4-14(3)18(20)12-15/h4-13,22H,1-3H3,(H,21,23)/b11-6+. The minimum absolute atomic E-state index is 0.147. The van der Waals surface area contributed by atoms with Gasteiger partial charge in [0.25, 0.3) is 0 Å². The molecule has 0 aliphatic rings. The highest BCUT2D eigenvalue weighted by molar-refractivity contribution is 7.89. The molecule has 5 nitrogen and oxygen atoms in total. The molecule has 2 N–H and O–H groups in total. The van der Waals surface area contributed by atoms with Crippen LogP contribution in [0.25, 0.3) is 6.08 Å². The van der Waals surface area contributed by atoms with Crippen LogP contribution in [0.15, 0.2) is 53.4 Å². The average Bonchev–Trinajstić information content (AvgIpc) is 2.55. The molecule has 0 bridgehead atoms. The van der Waals surface area contributed by atoms with Crippen LogP contribution >= 0.6 is 11.6 Å². The molecule has 138 valence electrons. The van der Waals surface area contributed by atoms with Gasteiger partial charge in [-0.3, -0.25) is 4.79 Å². The van der Waals surface area contributed by atoms with Gasteiger partial charge in [0, 0.05) is 22.8 Å². The van der Waals surface area contributed by atoms with Crippen LogP contribution in [0.2, 0.25) is 5.02 Å². The number of sulfonamides is 1. The predicted molar refractivity (Wildman–Crippen MR) is 106 cm³/mol. The molecule has 0 spiro atoms. The molecule has 2 rings (SSSR count). The van der Waals surface area contributed by atoms with Crippen molar-refractivity contribution in [2.45, 2.75) is 31.7 Å². The Labute approximate surface area is 159 Å². The first-order valence-corrected chi connectivity index (χ1v) is 9.91. The zero-order valence-corrected chi connectivity index (χ0v) is 16.4. The molecule has 0 aliphatic carbocycles. The monoisotopic (exact) mass is 392 g/mol. The van der Waals surface area contributed by atoms with E-state index in [0.717, 1.165) is 11.1 Å². The molecule has 0 unspecified atom stereocenters. The molecule has 0 atom stereocenters. The Hall–Kier alpha value is -2.15. The first kappa shape index (κ1) is 20.2. The Balaban J connectivity index is 2.03. The maximum absolute atomic E-state index is 12.1. The second-order valence-electron chi connectivity index (χ2n) is 6.13. The molecular weight excluding hydrogens is 372 g/mol. The number of rotatable bonds is 6. The van der Waals surface area contributed by atoms with Crippen LogP contribution in [0.4, 0.5) is 5.69 Å². The Morgan fingerprint density at radius 3 is 2.35 bits per heavy atom. The summed E-state index contributed by atoms with van der Waals surface area (Å²) in [6.45, 7) is 5.41. The normalized spacial score (nSPS) is 11.9. The largest absolute Gasteiger partial charge is 0.323 e. The highest BCUT2D eigenvalue weighted by Gasteiger charge is 2.14. The van der Waals surface area contributed by atoms with Crippen LogP contribution in [-0.2, 0) is 14.8 Å². The van der Waals surface area contributed by atoms with E-state index in [0.29, 0.717) is 10.7 Å². The number of carbonyl (C=O) groups is 1. The molecule has 0 aromatic heterocycles. The number of halogens is 1. The van der Waals surface area contributed by atoms with E-state index >= 15 is 0 Å². The van der Waals surface area contributed by atoms with Crippen LogP contribution in [0.1, 0.15) is 25.0 Å². The third kappa shape index (κ3) is 5.69. The van der Waals surface area contributed by atoms with Crippen LogP contribution in [-0.4, -0.2) is 20.4 Å². The second kappa shape index (κ2) is 8.49. The number of amides is 1. The van der Waals surface area contributed by atoms with Crippen molar-refractivity contribution in [2.75, 3.05) is 5.32 Å². The first-order valence-electron chi connectivity index (χ1n) is 8.05. The summed E-state index contributed by atoms with van der Waals surface area (Å²) in [5.74, 6) is -0.322. The third-order valence-corrected chi connectivity index (χ3v) is 5.53. The Bertz CT molecular complexity index is 920. The van der Waals surface area contributed by atoms with Gasteiger partial charge in [-0.25, -0.2) is 13.1 Å². The summed E-state index contributed by atoms with van der Waals surface area (Å²) in [5.41, 5.74) is 2.29. The van der Waals surface area contributed by atoms with Crippen molar-refractivity contribution in [3.05, 3.63) is 64.7 Å². The van der Waals surface area contributed by atoms with Gasteiger partial charge in [0.15, 0.2) is 0 Å². The smallest absolute Gasteiger partial charge is 0.248 e. The molecule has 0 fully saturated rings. The summed E-state index contributed by atoms with van der Waals surface area (Å²) in [4.78, 5) is 12.2. The lowest BCUT2D eigenvalue weighted by atomic mass is 10.1. The summed E-state index contributed by atoms with van der Waals surface area (Å²) >= 11 is 6.05. The van der Waals surface area contributed by atoms with Gasteiger partial charge in [-0.05, 0) is 68.3 Å². The fraction of sp³-hybridized carbons (Fsp3) is 0.211. The van der Waals surface area contributed by atoms with Crippen molar-refractivity contribution in [3.63, 3.8) is 0 Å². The number of carbonyl (C=O) groups excluding carboxylic acids is 1. The van der Waals surface area contributed by atoms with Gasteiger partial charge < -0.3 is 5.32 Å². The molecule has 2 aromatic rings. The van der Waals surface area contributed by atoms with Gasteiger partial charge in [0.1, 0.15) is 0 Å². The van der Waals surface area contributed by atoms with E-state index in [2.05, 4.69) is 10.0 Å². The summed E-state index contributed by atoms with van der Waals surface area (Å²) in [5, 5.41) is 3.32. The molecule has 2 aromatic carbocycles. The summed E-state index contributed by atoms with van der Waals surface area (Å²) in [7, 11) is -3.55. The average molecular weight is 393 g/mol. The van der Waals surface area contributed by atoms with E-state index in [-0.39, 0.29) is 16.8 Å². The molecule has 26 heavy (non-hydrogen) atoms. The zero-order chi connectivity index (χ0) is 19.3. The number of aryl methyl sites for hydroxylation is 1. The molecular formula is C19H21ClN2O3S. The van der Waals surface area contributed by atoms with Gasteiger partial charge in [-0.15, -0.1) is 0 Å². The highest BCUT2D eigenvalue weighted by Crippen LogP contribution is 2.18. The van der Waals surface area contributed by atoms with Crippen LogP contribution in [0, 0.1) is 6.92 Å². The lowest BCUT2D eigenvalue weighted by molar-refractivity contribution is -0.111. The molecule has 7 heteroatoms. The van der Waals surface area contributed by atoms with Crippen molar-refractivity contribution >= 4 is 39.3 Å². The lowest BCUT2D eigenvalue weighted by Crippen LogP contribution is -2.30. The Morgan fingerprint density at radius 2 is 1.77 bits per heavy atom. The Morgan fingerprint density at radius 1 is 1.12 bits per heavy atom. The van der Waals surface area contributed by atoms with Crippen molar-refractivity contribution in [1.82, 2.24) is 4.72 Å². The summed E-state index contributed by atoms with van der Waals surface area (Å²) in [6.07, 6.45) is 3.05. The highest BCUT2D eigenvalue weighted by atomic mass is 35.5. The lowest BCUT2D eigenvalue weighted by Gasteiger charge is -2.10. The fourth-order valence-corrected chi connectivity index (χ4v) is 3.60. The van der Waals surface area contributed by atoms with Crippen molar-refractivity contribution in [2.24, 2.45) is 0 Å². The first-order chi connectivity index (χ1) is 12.2. The molecule has 0 saturated heterocycles. The topological polar surface area (TPSA) is 75.3 Å². The number of nitrogens with one attached hydrogen (secondary N) is 2. The number of hydrogen-bond donors (Lipinski definition) is 2. The maximum atomic E-state index is 12.1. The Kier molecular flexibility index (Phi) is 6.58. The van der Waals surface area contributed by atoms with Gasteiger partial charge in [-0.2, -0.15) is 0 Å². The maximum Gasteiger partial charge on any atom is 0.248 e. The number of hydrogen-bond acceptors (Lipinski definition) is 3. The van der Waals surface area contributed by atoms with E-state index < -0.39 is 10.0 Å². The molecule has 0 saturated carbocycles. The molecule has 0 radical (unpaired) electrons. The van der Waals surface area contributed by atoms with E-state index in [1.807, 2.05) is 19.1 Å². The molecule has 1 amide bonds. The summed E-state index contributed by atoms with van der Waals surface area (Å²) < 4.78 is 26.6. The van der Waals surface area contributed by atoms with E-state index in [1.54, 1.807) is 38.1 Å². The van der Waals surface area contributed by atoms with Crippen molar-refractivity contribution in [1.29, 1.82) is 0 Å². The van der Waals surface area contributed by atoms with Crippen LogP contribution in [0.5, 0.6) is 0 Å². The minimum Gasteiger partial charge on any atom is -0.323 e.